The lowest BCUT2D eigenvalue weighted by molar-refractivity contribution is -0.140. The molecular weight excluding hydrogens is 196 g/mol. The minimum absolute atomic E-state index is 0.291. The van der Waals surface area contributed by atoms with E-state index in [2.05, 4.69) is 15.6 Å². The van der Waals surface area contributed by atoms with E-state index < -0.39 is 12.0 Å². The number of aromatic nitrogens is 3. The molecule has 1 saturated carbocycles. The van der Waals surface area contributed by atoms with E-state index in [0.29, 0.717) is 12.5 Å². The summed E-state index contributed by atoms with van der Waals surface area (Å²) in [5, 5.41) is 19.6. The summed E-state index contributed by atoms with van der Waals surface area (Å²) >= 11 is 0. The van der Waals surface area contributed by atoms with Crippen molar-refractivity contribution in [2.75, 3.05) is 0 Å². The first kappa shape index (κ1) is 10.1. The Morgan fingerprint density at radius 1 is 1.80 bits per heavy atom. The molecule has 1 aliphatic rings. The molecule has 6 nitrogen and oxygen atoms in total. The first-order valence-electron chi connectivity index (χ1n) is 4.98. The molecule has 2 N–H and O–H groups in total. The highest BCUT2D eigenvalue weighted by Gasteiger charge is 2.35. The number of carbonyl (C=O) groups is 1. The van der Waals surface area contributed by atoms with Gasteiger partial charge in [0.15, 0.2) is 0 Å². The quantitative estimate of drug-likeness (QED) is 0.701. The lowest BCUT2D eigenvalue weighted by Gasteiger charge is -2.11. The first-order valence-corrected chi connectivity index (χ1v) is 4.98. The highest BCUT2D eigenvalue weighted by atomic mass is 16.4. The van der Waals surface area contributed by atoms with E-state index in [-0.39, 0.29) is 0 Å². The fourth-order valence-corrected chi connectivity index (χ4v) is 1.58. The Morgan fingerprint density at radius 3 is 3.00 bits per heavy atom. The molecular formula is C9H14N4O2. The molecule has 1 fully saturated rings. The molecule has 0 amide bonds. The molecule has 15 heavy (non-hydrogen) atoms. The van der Waals surface area contributed by atoms with Gasteiger partial charge >= 0.3 is 5.97 Å². The smallest absolute Gasteiger partial charge is 0.320 e. The SMILES string of the molecule is Cn1cc(CNC(C(=O)O)C2CC2)nn1. The third-order valence-corrected chi connectivity index (χ3v) is 2.51. The average Bonchev–Trinajstić information content (AvgIpc) is 2.90. The van der Waals surface area contributed by atoms with E-state index >= 15 is 0 Å². The molecule has 1 atom stereocenters. The molecule has 0 bridgehead atoms. The minimum atomic E-state index is -0.776. The first-order chi connectivity index (χ1) is 7.16. The number of hydrogen-bond acceptors (Lipinski definition) is 4. The van der Waals surface area contributed by atoms with E-state index in [0.717, 1.165) is 18.5 Å². The summed E-state index contributed by atoms with van der Waals surface area (Å²) in [6.45, 7) is 0.460. The van der Waals surface area contributed by atoms with Crippen LogP contribution >= 0.6 is 0 Å². The predicted octanol–water partition coefficient (Wildman–Crippen LogP) is -0.232. The molecule has 0 radical (unpaired) electrons. The van der Waals surface area contributed by atoms with Crippen molar-refractivity contribution in [3.05, 3.63) is 11.9 Å². The number of nitrogens with one attached hydrogen (secondary N) is 1. The molecule has 0 aliphatic heterocycles. The number of carboxylic acids is 1. The van der Waals surface area contributed by atoms with Gasteiger partial charge in [-0.2, -0.15) is 0 Å². The van der Waals surface area contributed by atoms with Crippen molar-refractivity contribution in [1.29, 1.82) is 0 Å². The Balaban J connectivity index is 1.87. The molecule has 1 unspecified atom stereocenters. The number of hydrogen-bond donors (Lipinski definition) is 2. The molecule has 0 spiro atoms. The third kappa shape index (κ3) is 2.53. The van der Waals surface area contributed by atoms with Crippen LogP contribution in [-0.2, 0) is 18.4 Å². The van der Waals surface area contributed by atoms with E-state index in [9.17, 15) is 4.79 Å². The van der Waals surface area contributed by atoms with Crippen LogP contribution in [0.5, 0.6) is 0 Å². The van der Waals surface area contributed by atoms with Crippen LogP contribution < -0.4 is 5.32 Å². The summed E-state index contributed by atoms with van der Waals surface area (Å²) in [5.41, 5.74) is 0.768. The van der Waals surface area contributed by atoms with Crippen LogP contribution in [0.2, 0.25) is 0 Å². The van der Waals surface area contributed by atoms with Gasteiger partial charge in [-0.15, -0.1) is 5.10 Å². The second-order valence-electron chi connectivity index (χ2n) is 3.92. The van der Waals surface area contributed by atoms with Gasteiger partial charge in [0, 0.05) is 19.8 Å². The second-order valence-corrected chi connectivity index (χ2v) is 3.92. The van der Waals surface area contributed by atoms with E-state index in [1.807, 2.05) is 0 Å². The van der Waals surface area contributed by atoms with Crippen LogP contribution in [0.1, 0.15) is 18.5 Å². The van der Waals surface area contributed by atoms with Crippen LogP contribution in [0.15, 0.2) is 6.20 Å². The number of aryl methyl sites for hydroxylation is 1. The van der Waals surface area contributed by atoms with E-state index in [1.54, 1.807) is 17.9 Å². The zero-order valence-electron chi connectivity index (χ0n) is 8.55. The van der Waals surface area contributed by atoms with Gasteiger partial charge in [0.25, 0.3) is 0 Å². The minimum Gasteiger partial charge on any atom is -0.480 e. The van der Waals surface area contributed by atoms with Crippen LogP contribution in [0.25, 0.3) is 0 Å². The fourth-order valence-electron chi connectivity index (χ4n) is 1.58. The van der Waals surface area contributed by atoms with Crippen LogP contribution in [0.4, 0.5) is 0 Å². The highest BCUT2D eigenvalue weighted by molar-refractivity contribution is 5.74. The summed E-state index contributed by atoms with van der Waals surface area (Å²) in [6.07, 6.45) is 3.79. The van der Waals surface area contributed by atoms with E-state index in [4.69, 9.17) is 5.11 Å². The Hall–Kier alpha value is -1.43. The second kappa shape index (κ2) is 3.98. The van der Waals surface area contributed by atoms with Crippen molar-refractivity contribution >= 4 is 5.97 Å². The molecule has 1 aromatic heterocycles. The fraction of sp³-hybridized carbons (Fsp3) is 0.667. The number of carboxylic acid groups (broad SMARTS) is 1. The lowest BCUT2D eigenvalue weighted by Crippen LogP contribution is -2.38. The maximum atomic E-state index is 10.9. The summed E-state index contributed by atoms with van der Waals surface area (Å²) in [6, 6.07) is -0.438. The molecule has 0 aromatic carbocycles. The Labute approximate surface area is 87.3 Å². The Bertz CT molecular complexity index is 359. The molecule has 2 rings (SSSR count). The standard InChI is InChI=1S/C9H14N4O2/c1-13-5-7(11-12-13)4-10-8(9(14)15)6-2-3-6/h5-6,8,10H,2-4H2,1H3,(H,14,15). The third-order valence-electron chi connectivity index (χ3n) is 2.51. The van der Waals surface area contributed by atoms with Crippen molar-refractivity contribution in [2.24, 2.45) is 13.0 Å². The van der Waals surface area contributed by atoms with Crippen molar-refractivity contribution in [3.8, 4) is 0 Å². The summed E-state index contributed by atoms with van der Waals surface area (Å²) < 4.78 is 1.60. The molecule has 1 heterocycles. The van der Waals surface area contributed by atoms with Crippen molar-refractivity contribution in [1.82, 2.24) is 20.3 Å². The van der Waals surface area contributed by atoms with Gasteiger partial charge in [-0.3, -0.25) is 14.8 Å². The van der Waals surface area contributed by atoms with Gasteiger partial charge in [0.2, 0.25) is 0 Å². The maximum absolute atomic E-state index is 10.9. The molecule has 6 heteroatoms. The van der Waals surface area contributed by atoms with Crippen molar-refractivity contribution in [3.63, 3.8) is 0 Å². The molecule has 82 valence electrons. The Kier molecular flexibility index (Phi) is 2.68. The van der Waals surface area contributed by atoms with Gasteiger partial charge in [0.05, 0.1) is 5.69 Å². The van der Waals surface area contributed by atoms with Crippen molar-refractivity contribution in [2.45, 2.75) is 25.4 Å². The van der Waals surface area contributed by atoms with Gasteiger partial charge in [0.1, 0.15) is 6.04 Å². The normalized spacial score (nSPS) is 17.7. The largest absolute Gasteiger partial charge is 0.480 e. The summed E-state index contributed by atoms with van der Waals surface area (Å²) in [5.74, 6) is -0.486. The predicted molar refractivity (Wildman–Crippen MR) is 52.0 cm³/mol. The van der Waals surface area contributed by atoms with Gasteiger partial charge in [-0.25, -0.2) is 0 Å². The lowest BCUT2D eigenvalue weighted by atomic mass is 10.2. The van der Waals surface area contributed by atoms with Crippen molar-refractivity contribution < 1.29 is 9.90 Å². The van der Waals surface area contributed by atoms with Crippen LogP contribution in [-0.4, -0.2) is 32.1 Å². The number of rotatable bonds is 5. The number of nitrogens with zero attached hydrogens (tertiary/aromatic N) is 3. The molecule has 1 aliphatic carbocycles. The van der Waals surface area contributed by atoms with Gasteiger partial charge in [-0.1, -0.05) is 5.21 Å². The average molecular weight is 210 g/mol. The van der Waals surface area contributed by atoms with Crippen LogP contribution in [0, 0.1) is 5.92 Å². The zero-order chi connectivity index (χ0) is 10.8. The number of aliphatic carboxylic acids is 1. The molecule has 1 aromatic rings. The van der Waals surface area contributed by atoms with Gasteiger partial charge < -0.3 is 5.11 Å². The summed E-state index contributed by atoms with van der Waals surface area (Å²) in [4.78, 5) is 10.9. The summed E-state index contributed by atoms with van der Waals surface area (Å²) in [7, 11) is 1.78. The Morgan fingerprint density at radius 2 is 2.53 bits per heavy atom. The van der Waals surface area contributed by atoms with Crippen LogP contribution in [0.3, 0.4) is 0 Å². The monoisotopic (exact) mass is 210 g/mol. The highest BCUT2D eigenvalue weighted by Crippen LogP contribution is 2.32. The van der Waals surface area contributed by atoms with E-state index in [1.165, 1.54) is 0 Å². The van der Waals surface area contributed by atoms with Gasteiger partial charge in [-0.05, 0) is 18.8 Å². The maximum Gasteiger partial charge on any atom is 0.320 e. The topological polar surface area (TPSA) is 80.0 Å². The molecule has 0 saturated heterocycles. The zero-order valence-corrected chi connectivity index (χ0v) is 8.55.